The molecule has 196 valence electrons. The van der Waals surface area contributed by atoms with Crippen LogP contribution in [0.4, 0.5) is 8.78 Å². The van der Waals surface area contributed by atoms with Crippen LogP contribution in [0.1, 0.15) is 93.3 Å². The van der Waals surface area contributed by atoms with Crippen molar-refractivity contribution in [1.29, 1.82) is 0 Å². The molecule has 2 aliphatic rings. The van der Waals surface area contributed by atoms with E-state index in [-0.39, 0.29) is 10.8 Å². The molecule has 0 N–H and O–H groups in total. The number of halogens is 2. The van der Waals surface area contributed by atoms with Crippen LogP contribution in [0.5, 0.6) is 0 Å². The first-order valence-corrected chi connectivity index (χ1v) is 19.3. The standard InChI is InChI=1S/C21H25.C11H7F2.C3H6.Hf/c1-20(2,3)16-7-9-18-14(12-16)11-15-13-17(21(4,5)6)8-10-19(15)18;12-10-7-3-6-9(11(10)13)8-4-1-2-5-8;1-3-2;/h7-13H,1-6H3;1,3-4,6-7H,2H2;1-2H3;. The van der Waals surface area contributed by atoms with Gasteiger partial charge in [0.25, 0.3) is 0 Å². The molecule has 0 saturated heterocycles. The minimum atomic E-state index is -2.88. The van der Waals surface area contributed by atoms with E-state index in [1.807, 2.05) is 6.08 Å². The van der Waals surface area contributed by atoms with Crippen molar-refractivity contribution >= 4 is 8.83 Å². The fraction of sp³-hybridized carbons (Fsp3) is 0.343. The number of hydrogen-bond acceptors (Lipinski definition) is 0. The van der Waals surface area contributed by atoms with E-state index in [2.05, 4.69) is 97.9 Å². The number of hydrogen-bond donors (Lipinski definition) is 0. The Morgan fingerprint density at radius 1 is 0.763 bits per heavy atom. The van der Waals surface area contributed by atoms with Gasteiger partial charge in [-0.15, -0.1) is 0 Å². The average molecular weight is 675 g/mol. The maximum absolute atomic E-state index is 15.1. The van der Waals surface area contributed by atoms with Crippen molar-refractivity contribution in [2.45, 2.75) is 76.3 Å². The van der Waals surface area contributed by atoms with E-state index >= 15 is 4.39 Å². The Morgan fingerprint density at radius 3 is 1.82 bits per heavy atom. The van der Waals surface area contributed by atoms with Crippen LogP contribution in [-0.2, 0) is 31.8 Å². The summed E-state index contributed by atoms with van der Waals surface area (Å²) in [6.45, 7) is 18.2. The van der Waals surface area contributed by atoms with Crippen LogP contribution >= 0.6 is 0 Å². The molecule has 0 spiro atoms. The van der Waals surface area contributed by atoms with Gasteiger partial charge in [0, 0.05) is 0 Å². The van der Waals surface area contributed by atoms with Crippen molar-refractivity contribution in [1.82, 2.24) is 0 Å². The first-order chi connectivity index (χ1) is 17.8. The zero-order valence-electron chi connectivity index (χ0n) is 23.9. The normalized spacial score (nSPS) is 15.2. The van der Waals surface area contributed by atoms with Crippen molar-refractivity contribution in [3.63, 3.8) is 0 Å². The fourth-order valence-corrected chi connectivity index (χ4v) is 18.5. The molecule has 0 nitrogen and oxygen atoms in total. The molecule has 0 radical (unpaired) electrons. The van der Waals surface area contributed by atoms with Crippen molar-refractivity contribution < 1.29 is 29.7 Å². The van der Waals surface area contributed by atoms with Crippen LogP contribution in [-0.4, -0.2) is 3.26 Å². The number of allylic oxidation sites excluding steroid dienone is 4. The predicted octanol–water partition coefficient (Wildman–Crippen LogP) is 9.83. The van der Waals surface area contributed by atoms with Gasteiger partial charge in [-0.05, 0) is 0 Å². The SMILES string of the molecule is C[C](C)=[Hf]([C]1=C(c2cccc(F)c2F)C=CC1)[CH]1c2cc(C(C)(C)C)ccc2-c2ccc(C(C)(C)C)cc21. The second-order valence-electron chi connectivity index (χ2n) is 13.1. The molecule has 3 aromatic carbocycles. The van der Waals surface area contributed by atoms with Gasteiger partial charge in [0.2, 0.25) is 0 Å². The third kappa shape index (κ3) is 4.70. The minimum absolute atomic E-state index is 0.0469. The Hall–Kier alpha value is -2.26. The topological polar surface area (TPSA) is 0 Å². The van der Waals surface area contributed by atoms with E-state index < -0.39 is 32.6 Å². The van der Waals surface area contributed by atoms with Crippen LogP contribution < -0.4 is 0 Å². The van der Waals surface area contributed by atoms with E-state index in [0.717, 1.165) is 12.0 Å². The zero-order chi connectivity index (χ0) is 27.6. The molecule has 0 saturated carbocycles. The van der Waals surface area contributed by atoms with Crippen LogP contribution in [0, 0.1) is 11.6 Å². The monoisotopic (exact) mass is 676 g/mol. The average Bonchev–Trinajstić information content (AvgIpc) is 3.43. The molecule has 0 unspecified atom stereocenters. The Kier molecular flexibility index (Phi) is 7.00. The zero-order valence-corrected chi connectivity index (χ0v) is 27.5. The quantitative estimate of drug-likeness (QED) is 0.243. The molecular formula is C35H38F2Hf. The van der Waals surface area contributed by atoms with Crippen LogP contribution in [0.25, 0.3) is 16.7 Å². The third-order valence-corrected chi connectivity index (χ3v) is 20.3. The molecule has 2 aliphatic carbocycles. The Balaban J connectivity index is 1.80. The van der Waals surface area contributed by atoms with E-state index in [4.69, 9.17) is 0 Å². The van der Waals surface area contributed by atoms with Crippen molar-refractivity contribution in [3.05, 3.63) is 110 Å². The summed E-state index contributed by atoms with van der Waals surface area (Å²) in [4.78, 5) is 0. The van der Waals surface area contributed by atoms with Crippen molar-refractivity contribution in [2.75, 3.05) is 0 Å². The van der Waals surface area contributed by atoms with Crippen molar-refractivity contribution in [3.8, 4) is 11.1 Å². The summed E-state index contributed by atoms with van der Waals surface area (Å²) in [7, 11) is 0. The van der Waals surface area contributed by atoms with Crippen LogP contribution in [0.15, 0.2) is 70.1 Å². The van der Waals surface area contributed by atoms with Gasteiger partial charge < -0.3 is 0 Å². The van der Waals surface area contributed by atoms with Gasteiger partial charge in [0.05, 0.1) is 0 Å². The van der Waals surface area contributed by atoms with Crippen LogP contribution in [0.3, 0.4) is 0 Å². The first kappa shape index (κ1) is 27.3. The van der Waals surface area contributed by atoms with Gasteiger partial charge in [-0.25, -0.2) is 0 Å². The number of rotatable bonds is 3. The third-order valence-electron chi connectivity index (χ3n) is 8.07. The summed E-state index contributed by atoms with van der Waals surface area (Å²) in [5, 5.41) is 0. The molecule has 0 aliphatic heterocycles. The number of benzene rings is 3. The molecule has 3 heteroatoms. The molecule has 0 fully saturated rings. The van der Waals surface area contributed by atoms with Gasteiger partial charge >= 0.3 is 236 Å². The van der Waals surface area contributed by atoms with E-state index in [0.29, 0.717) is 9.24 Å². The van der Waals surface area contributed by atoms with Gasteiger partial charge in [0.15, 0.2) is 0 Å². The molecule has 0 atom stereocenters. The molecule has 0 bridgehead atoms. The number of fused-ring (bicyclic) bond motifs is 3. The second-order valence-corrected chi connectivity index (χ2v) is 23.9. The van der Waals surface area contributed by atoms with Crippen LogP contribution in [0.2, 0.25) is 0 Å². The van der Waals surface area contributed by atoms with E-state index in [1.54, 1.807) is 12.1 Å². The molecular weight excluding hydrogens is 637 g/mol. The van der Waals surface area contributed by atoms with Gasteiger partial charge in [0.1, 0.15) is 0 Å². The van der Waals surface area contributed by atoms with Crippen molar-refractivity contribution in [2.24, 2.45) is 0 Å². The summed E-state index contributed by atoms with van der Waals surface area (Å²) in [5.74, 6) is -1.51. The van der Waals surface area contributed by atoms with E-state index in [1.165, 1.54) is 46.0 Å². The van der Waals surface area contributed by atoms with Gasteiger partial charge in [-0.2, -0.15) is 0 Å². The Bertz CT molecular complexity index is 1470. The molecule has 5 rings (SSSR count). The molecule has 38 heavy (non-hydrogen) atoms. The van der Waals surface area contributed by atoms with Gasteiger partial charge in [-0.1, -0.05) is 0 Å². The molecule has 3 aromatic rings. The fourth-order valence-electron chi connectivity index (χ4n) is 5.99. The summed E-state index contributed by atoms with van der Waals surface area (Å²) in [6.07, 6.45) is 5.02. The second kappa shape index (κ2) is 9.73. The summed E-state index contributed by atoms with van der Waals surface area (Å²) in [5.41, 5.74) is 9.65. The maximum atomic E-state index is 15.1. The summed E-state index contributed by atoms with van der Waals surface area (Å²) in [6, 6.07) is 18.7. The first-order valence-electron chi connectivity index (χ1n) is 13.6. The predicted molar refractivity (Wildman–Crippen MR) is 155 cm³/mol. The molecule has 0 amide bonds. The summed E-state index contributed by atoms with van der Waals surface area (Å²) < 4.78 is 32.6. The van der Waals surface area contributed by atoms with Gasteiger partial charge in [-0.3, -0.25) is 0 Å². The Morgan fingerprint density at radius 2 is 1.32 bits per heavy atom. The van der Waals surface area contributed by atoms with E-state index in [9.17, 15) is 4.39 Å². The molecule has 0 aromatic heterocycles. The Labute approximate surface area is 234 Å². The molecule has 0 heterocycles. The summed E-state index contributed by atoms with van der Waals surface area (Å²) >= 11 is -2.88.